The Balaban J connectivity index is 1.11. The summed E-state index contributed by atoms with van der Waals surface area (Å²) in [4.78, 5) is 27.3. The van der Waals surface area contributed by atoms with Crippen LogP contribution in [-0.2, 0) is 27.2 Å². The van der Waals surface area contributed by atoms with Gasteiger partial charge >= 0.3 is 6.09 Å². The zero-order chi connectivity index (χ0) is 28.0. The summed E-state index contributed by atoms with van der Waals surface area (Å²) in [6, 6.07) is 25.8. The third-order valence-electron chi connectivity index (χ3n) is 7.01. The Hall–Kier alpha value is -3.72. The Kier molecular flexibility index (Phi) is 11.5. The van der Waals surface area contributed by atoms with E-state index < -0.39 is 6.09 Å². The number of methoxy groups -OCH3 is 1. The summed E-state index contributed by atoms with van der Waals surface area (Å²) in [5.41, 5.74) is 4.92. The van der Waals surface area contributed by atoms with E-state index in [1.807, 2.05) is 66.7 Å². The van der Waals surface area contributed by atoms with Crippen LogP contribution in [0.5, 0.6) is 0 Å². The molecule has 3 N–H and O–H groups in total. The van der Waals surface area contributed by atoms with Crippen molar-refractivity contribution in [2.45, 2.75) is 31.9 Å². The van der Waals surface area contributed by atoms with Gasteiger partial charge in [0.2, 0.25) is 5.91 Å². The summed E-state index contributed by atoms with van der Waals surface area (Å²) in [5, 5.41) is 9.26. The van der Waals surface area contributed by atoms with E-state index in [2.05, 4.69) is 33.0 Å². The van der Waals surface area contributed by atoms with Gasteiger partial charge < -0.3 is 25.0 Å². The fourth-order valence-corrected chi connectivity index (χ4v) is 4.79. The number of hydrogen-bond donors (Lipinski definition) is 3. The van der Waals surface area contributed by atoms with Crippen LogP contribution in [-0.4, -0.2) is 69.4 Å². The lowest BCUT2D eigenvalue weighted by atomic mass is 10.0. The number of hydrogen-bond acceptors (Lipinski definition) is 6. The van der Waals surface area contributed by atoms with Gasteiger partial charge in [-0.15, -0.1) is 0 Å². The van der Waals surface area contributed by atoms with Gasteiger partial charge in [0.15, 0.2) is 0 Å². The van der Waals surface area contributed by atoms with Crippen molar-refractivity contribution in [2.24, 2.45) is 0 Å². The number of carbonyl (C=O) groups is 2. The summed E-state index contributed by atoms with van der Waals surface area (Å²) in [6.45, 7) is 5.31. The third-order valence-corrected chi connectivity index (χ3v) is 7.01. The fourth-order valence-electron chi connectivity index (χ4n) is 4.79. The van der Waals surface area contributed by atoms with E-state index in [0.717, 1.165) is 67.9 Å². The molecular weight excluding hydrogens is 504 g/mol. The summed E-state index contributed by atoms with van der Waals surface area (Å²) >= 11 is 0. The molecule has 1 fully saturated rings. The average Bonchev–Trinajstić information content (AvgIpc) is 2.98. The monoisotopic (exact) mass is 544 g/mol. The van der Waals surface area contributed by atoms with Gasteiger partial charge in [0.1, 0.15) is 6.10 Å². The first-order valence-corrected chi connectivity index (χ1v) is 14.0. The van der Waals surface area contributed by atoms with Crippen molar-refractivity contribution in [1.29, 1.82) is 0 Å². The van der Waals surface area contributed by atoms with Crippen LogP contribution in [0.2, 0.25) is 0 Å². The van der Waals surface area contributed by atoms with E-state index in [-0.39, 0.29) is 12.0 Å². The van der Waals surface area contributed by atoms with Crippen molar-refractivity contribution in [1.82, 2.24) is 15.5 Å². The number of nitrogens with zero attached hydrogens (tertiary/aromatic N) is 1. The van der Waals surface area contributed by atoms with Gasteiger partial charge in [-0.05, 0) is 35.6 Å². The number of amides is 2. The lowest BCUT2D eigenvalue weighted by Gasteiger charge is -2.31. The standard InChI is InChI=1S/C32H40N4O4/c1-39-22-18-33-24-26-13-11-25(12-14-26)23-31(37)34-17-21-36-19-15-28(16-20-36)40-32(38)35-30-10-6-5-9-29(30)27-7-3-2-4-8-27/h2-14,28,33H,15-24H2,1H3,(H,34,37)(H,35,38). The minimum atomic E-state index is -0.426. The maximum absolute atomic E-state index is 12.6. The molecule has 212 valence electrons. The molecule has 0 aliphatic carbocycles. The second-order valence-electron chi connectivity index (χ2n) is 10.00. The van der Waals surface area contributed by atoms with Gasteiger partial charge in [-0.1, -0.05) is 72.8 Å². The second-order valence-corrected chi connectivity index (χ2v) is 10.00. The van der Waals surface area contributed by atoms with Crippen LogP contribution in [0.15, 0.2) is 78.9 Å². The molecule has 0 saturated carbocycles. The van der Waals surface area contributed by atoms with Gasteiger partial charge in [0.25, 0.3) is 0 Å². The van der Waals surface area contributed by atoms with Gasteiger partial charge in [0.05, 0.1) is 18.7 Å². The zero-order valence-electron chi connectivity index (χ0n) is 23.2. The minimum Gasteiger partial charge on any atom is -0.446 e. The molecule has 0 radical (unpaired) electrons. The molecule has 0 unspecified atom stereocenters. The van der Waals surface area contributed by atoms with Gasteiger partial charge in [-0.2, -0.15) is 0 Å². The first kappa shape index (κ1) is 29.3. The Labute approximate surface area is 237 Å². The molecule has 4 rings (SSSR count). The lowest BCUT2D eigenvalue weighted by molar-refractivity contribution is -0.120. The van der Waals surface area contributed by atoms with E-state index in [1.54, 1.807) is 7.11 Å². The average molecular weight is 545 g/mol. The Morgan fingerprint density at radius 2 is 1.57 bits per heavy atom. The molecule has 0 bridgehead atoms. The van der Waals surface area contributed by atoms with E-state index in [4.69, 9.17) is 9.47 Å². The predicted molar refractivity (Wildman–Crippen MR) is 158 cm³/mol. The van der Waals surface area contributed by atoms with Crippen molar-refractivity contribution >= 4 is 17.7 Å². The highest BCUT2D eigenvalue weighted by Gasteiger charge is 2.22. The molecule has 2 amide bonds. The molecule has 1 heterocycles. The SMILES string of the molecule is COCCNCc1ccc(CC(=O)NCCN2CCC(OC(=O)Nc3ccccc3-c3ccccc3)CC2)cc1. The van der Waals surface area contributed by atoms with Crippen molar-refractivity contribution in [3.63, 3.8) is 0 Å². The Bertz CT molecular complexity index is 1200. The molecule has 0 spiro atoms. The van der Waals surface area contributed by atoms with Crippen LogP contribution in [0.3, 0.4) is 0 Å². The first-order chi connectivity index (χ1) is 19.6. The molecule has 8 heteroatoms. The summed E-state index contributed by atoms with van der Waals surface area (Å²) in [6.07, 6.45) is 1.37. The van der Waals surface area contributed by atoms with Crippen molar-refractivity contribution in [3.8, 4) is 11.1 Å². The number of nitrogens with one attached hydrogen (secondary N) is 3. The van der Waals surface area contributed by atoms with Crippen LogP contribution in [0.4, 0.5) is 10.5 Å². The van der Waals surface area contributed by atoms with E-state index in [9.17, 15) is 9.59 Å². The topological polar surface area (TPSA) is 91.9 Å². The normalized spacial score (nSPS) is 14.0. The number of para-hydroxylation sites is 1. The smallest absolute Gasteiger partial charge is 0.411 e. The summed E-state index contributed by atoms with van der Waals surface area (Å²) < 4.78 is 10.8. The van der Waals surface area contributed by atoms with E-state index in [1.165, 1.54) is 5.56 Å². The fraction of sp³-hybridized carbons (Fsp3) is 0.375. The Morgan fingerprint density at radius 1 is 0.875 bits per heavy atom. The maximum atomic E-state index is 12.6. The zero-order valence-corrected chi connectivity index (χ0v) is 23.2. The van der Waals surface area contributed by atoms with E-state index >= 15 is 0 Å². The number of carbonyl (C=O) groups excluding carboxylic acids is 2. The summed E-state index contributed by atoms with van der Waals surface area (Å²) in [5.74, 6) is 0.0247. The highest BCUT2D eigenvalue weighted by Crippen LogP contribution is 2.28. The Morgan fingerprint density at radius 3 is 2.33 bits per heavy atom. The third kappa shape index (κ3) is 9.48. The predicted octanol–water partition coefficient (Wildman–Crippen LogP) is 4.46. The van der Waals surface area contributed by atoms with Crippen LogP contribution < -0.4 is 16.0 Å². The van der Waals surface area contributed by atoms with Gasteiger partial charge in [0, 0.05) is 51.9 Å². The molecule has 8 nitrogen and oxygen atoms in total. The van der Waals surface area contributed by atoms with Crippen molar-refractivity contribution in [3.05, 3.63) is 90.0 Å². The van der Waals surface area contributed by atoms with Crippen LogP contribution in [0.25, 0.3) is 11.1 Å². The van der Waals surface area contributed by atoms with Crippen LogP contribution in [0.1, 0.15) is 24.0 Å². The largest absolute Gasteiger partial charge is 0.446 e. The molecule has 1 saturated heterocycles. The lowest BCUT2D eigenvalue weighted by Crippen LogP contribution is -2.42. The molecule has 3 aromatic carbocycles. The maximum Gasteiger partial charge on any atom is 0.411 e. The highest BCUT2D eigenvalue weighted by atomic mass is 16.6. The molecule has 1 aliphatic rings. The quantitative estimate of drug-likeness (QED) is 0.275. The van der Waals surface area contributed by atoms with Crippen molar-refractivity contribution < 1.29 is 19.1 Å². The molecule has 1 aliphatic heterocycles. The molecule has 0 aromatic heterocycles. The minimum absolute atomic E-state index is 0.0247. The molecule has 40 heavy (non-hydrogen) atoms. The van der Waals surface area contributed by atoms with Crippen molar-refractivity contribution in [2.75, 3.05) is 51.8 Å². The number of likely N-dealkylation sites (tertiary alicyclic amines) is 1. The molecular formula is C32H40N4O4. The molecule has 3 aromatic rings. The second kappa shape index (κ2) is 15.8. The number of benzene rings is 3. The summed E-state index contributed by atoms with van der Waals surface area (Å²) in [7, 11) is 1.69. The van der Waals surface area contributed by atoms with E-state index in [0.29, 0.717) is 19.6 Å². The molecule has 0 atom stereocenters. The van der Waals surface area contributed by atoms with Crippen LogP contribution in [0, 0.1) is 0 Å². The number of rotatable bonds is 13. The highest BCUT2D eigenvalue weighted by molar-refractivity contribution is 5.91. The van der Waals surface area contributed by atoms with Gasteiger partial charge in [-0.3, -0.25) is 10.1 Å². The number of piperidine rings is 1. The van der Waals surface area contributed by atoms with Crippen LogP contribution >= 0.6 is 0 Å². The number of anilines is 1. The van der Waals surface area contributed by atoms with Gasteiger partial charge in [-0.25, -0.2) is 4.79 Å². The first-order valence-electron chi connectivity index (χ1n) is 14.0. The number of ether oxygens (including phenoxy) is 2.